The average molecular weight is 305 g/mol. The van der Waals surface area contributed by atoms with Gasteiger partial charge in [0.15, 0.2) is 0 Å². The van der Waals surface area contributed by atoms with Crippen LogP contribution < -0.4 is 10.1 Å². The summed E-state index contributed by atoms with van der Waals surface area (Å²) in [6.07, 6.45) is 0.334. The molecule has 0 saturated heterocycles. The zero-order chi connectivity index (χ0) is 15.1. The van der Waals surface area contributed by atoms with E-state index in [9.17, 15) is 4.79 Å². The van der Waals surface area contributed by atoms with E-state index in [4.69, 9.17) is 4.74 Å². The van der Waals surface area contributed by atoms with Crippen molar-refractivity contribution in [3.8, 4) is 5.75 Å². The molecule has 4 nitrogen and oxygen atoms in total. The van der Waals surface area contributed by atoms with Gasteiger partial charge < -0.3 is 14.8 Å². The van der Waals surface area contributed by atoms with Crippen molar-refractivity contribution in [3.05, 3.63) is 46.2 Å². The van der Waals surface area contributed by atoms with Crippen LogP contribution in [0.15, 0.2) is 36.4 Å². The average Bonchev–Trinajstić information content (AvgIpc) is 2.93. The monoisotopic (exact) mass is 305 g/mol. The topological polar surface area (TPSA) is 47.6 Å². The number of benzene rings is 1. The Balaban J connectivity index is 1.91. The standard InChI is InChI=1S/C16H19NO3S/c1-3-20-13-6-4-5-12(9-13)17-11-15-8-7-14(21-15)10-16(18)19-2/h4-9,17H,3,10-11H2,1-2H3. The van der Waals surface area contributed by atoms with Gasteiger partial charge in [-0.25, -0.2) is 0 Å². The fourth-order valence-corrected chi connectivity index (χ4v) is 2.82. The molecule has 0 aliphatic carbocycles. The number of thiophene rings is 1. The molecule has 1 aromatic carbocycles. The van der Waals surface area contributed by atoms with Crippen LogP contribution >= 0.6 is 11.3 Å². The molecule has 2 aromatic rings. The summed E-state index contributed by atoms with van der Waals surface area (Å²) in [4.78, 5) is 13.4. The summed E-state index contributed by atoms with van der Waals surface area (Å²) in [6.45, 7) is 3.35. The Morgan fingerprint density at radius 2 is 2.05 bits per heavy atom. The molecule has 1 N–H and O–H groups in total. The van der Waals surface area contributed by atoms with Crippen molar-refractivity contribution >= 4 is 23.0 Å². The molecular weight excluding hydrogens is 286 g/mol. The summed E-state index contributed by atoms with van der Waals surface area (Å²) in [6, 6.07) is 11.9. The molecule has 0 bridgehead atoms. The number of carbonyl (C=O) groups is 1. The highest BCUT2D eigenvalue weighted by Crippen LogP contribution is 2.21. The minimum Gasteiger partial charge on any atom is -0.494 e. The normalized spacial score (nSPS) is 10.2. The van der Waals surface area contributed by atoms with Crippen molar-refractivity contribution in [1.29, 1.82) is 0 Å². The Morgan fingerprint density at radius 1 is 1.24 bits per heavy atom. The quantitative estimate of drug-likeness (QED) is 0.796. The maximum absolute atomic E-state index is 11.2. The second-order valence-electron chi connectivity index (χ2n) is 4.44. The molecule has 0 atom stereocenters. The third-order valence-electron chi connectivity index (χ3n) is 2.88. The molecule has 0 saturated carbocycles. The molecule has 0 spiro atoms. The van der Waals surface area contributed by atoms with Gasteiger partial charge in [-0.3, -0.25) is 4.79 Å². The Morgan fingerprint density at radius 3 is 2.81 bits per heavy atom. The number of nitrogens with one attached hydrogen (secondary N) is 1. The number of ether oxygens (including phenoxy) is 2. The van der Waals surface area contributed by atoms with Crippen LogP contribution in [-0.4, -0.2) is 19.7 Å². The number of rotatable bonds is 7. The van der Waals surface area contributed by atoms with Crippen molar-refractivity contribution in [3.63, 3.8) is 0 Å². The van der Waals surface area contributed by atoms with E-state index in [-0.39, 0.29) is 5.97 Å². The summed E-state index contributed by atoms with van der Waals surface area (Å²) in [5.41, 5.74) is 1.02. The first-order chi connectivity index (χ1) is 10.2. The largest absolute Gasteiger partial charge is 0.494 e. The Labute approximate surface area is 128 Å². The number of carbonyl (C=O) groups excluding carboxylic acids is 1. The van der Waals surface area contributed by atoms with Crippen LogP contribution in [0.25, 0.3) is 0 Å². The maximum atomic E-state index is 11.2. The first kappa shape index (κ1) is 15.4. The smallest absolute Gasteiger partial charge is 0.310 e. The molecule has 0 unspecified atom stereocenters. The lowest BCUT2D eigenvalue weighted by Crippen LogP contribution is -2.02. The Bertz CT molecular complexity index is 595. The fourth-order valence-electron chi connectivity index (χ4n) is 1.88. The molecule has 1 heterocycles. The zero-order valence-electron chi connectivity index (χ0n) is 12.2. The van der Waals surface area contributed by atoms with Gasteiger partial charge in [-0.1, -0.05) is 6.07 Å². The number of hydrogen-bond acceptors (Lipinski definition) is 5. The van der Waals surface area contributed by atoms with Gasteiger partial charge >= 0.3 is 5.97 Å². The van der Waals surface area contributed by atoms with Crippen LogP contribution in [0.4, 0.5) is 5.69 Å². The molecule has 21 heavy (non-hydrogen) atoms. The van der Waals surface area contributed by atoms with Gasteiger partial charge in [-0.05, 0) is 31.2 Å². The third kappa shape index (κ3) is 4.79. The van der Waals surface area contributed by atoms with Gasteiger partial charge in [0.2, 0.25) is 0 Å². The van der Waals surface area contributed by atoms with Gasteiger partial charge in [0.1, 0.15) is 5.75 Å². The second kappa shape index (κ2) is 7.69. The minimum atomic E-state index is -0.208. The van der Waals surface area contributed by atoms with E-state index in [1.54, 1.807) is 11.3 Å². The molecule has 0 aliphatic heterocycles. The lowest BCUT2D eigenvalue weighted by atomic mass is 10.3. The Kier molecular flexibility index (Phi) is 5.63. The van der Waals surface area contributed by atoms with Crippen molar-refractivity contribution in [2.24, 2.45) is 0 Å². The summed E-state index contributed by atoms with van der Waals surface area (Å²) in [5, 5.41) is 3.35. The Hall–Kier alpha value is -2.01. The van der Waals surface area contributed by atoms with E-state index in [0.717, 1.165) is 22.9 Å². The van der Waals surface area contributed by atoms with Gasteiger partial charge in [0, 0.05) is 28.1 Å². The van der Waals surface area contributed by atoms with Gasteiger partial charge in [0.25, 0.3) is 0 Å². The number of methoxy groups -OCH3 is 1. The van der Waals surface area contributed by atoms with Crippen LogP contribution in [-0.2, 0) is 22.5 Å². The van der Waals surface area contributed by atoms with Crippen LogP contribution in [0.5, 0.6) is 5.75 Å². The summed E-state index contributed by atoms with van der Waals surface area (Å²) in [7, 11) is 1.41. The molecule has 112 valence electrons. The highest BCUT2D eigenvalue weighted by atomic mass is 32.1. The molecule has 0 amide bonds. The summed E-state index contributed by atoms with van der Waals surface area (Å²) < 4.78 is 10.1. The predicted octanol–water partition coefficient (Wildman–Crippen LogP) is 3.47. The predicted molar refractivity (Wildman–Crippen MR) is 85.0 cm³/mol. The van der Waals surface area contributed by atoms with Crippen LogP contribution in [0.1, 0.15) is 16.7 Å². The van der Waals surface area contributed by atoms with E-state index in [2.05, 4.69) is 10.1 Å². The SMILES string of the molecule is CCOc1cccc(NCc2ccc(CC(=O)OC)s2)c1. The molecule has 0 fully saturated rings. The molecule has 2 rings (SSSR count). The molecular formula is C16H19NO3S. The van der Waals surface area contributed by atoms with E-state index in [0.29, 0.717) is 13.0 Å². The van der Waals surface area contributed by atoms with Gasteiger partial charge in [-0.15, -0.1) is 11.3 Å². The molecule has 0 aliphatic rings. The van der Waals surface area contributed by atoms with Crippen molar-refractivity contribution in [1.82, 2.24) is 0 Å². The van der Waals surface area contributed by atoms with Gasteiger partial charge in [0.05, 0.1) is 20.1 Å². The molecule has 5 heteroatoms. The van der Waals surface area contributed by atoms with Crippen LogP contribution in [0, 0.1) is 0 Å². The van der Waals surface area contributed by atoms with Crippen molar-refractivity contribution < 1.29 is 14.3 Å². The first-order valence-electron chi connectivity index (χ1n) is 6.82. The zero-order valence-corrected chi connectivity index (χ0v) is 13.0. The lowest BCUT2D eigenvalue weighted by molar-refractivity contribution is -0.139. The van der Waals surface area contributed by atoms with Crippen molar-refractivity contribution in [2.75, 3.05) is 19.0 Å². The third-order valence-corrected chi connectivity index (χ3v) is 3.96. The molecule has 1 aromatic heterocycles. The molecule has 0 radical (unpaired) electrons. The number of anilines is 1. The maximum Gasteiger partial charge on any atom is 0.310 e. The van der Waals surface area contributed by atoms with Crippen LogP contribution in [0.2, 0.25) is 0 Å². The fraction of sp³-hybridized carbons (Fsp3) is 0.312. The highest BCUT2D eigenvalue weighted by molar-refractivity contribution is 7.12. The number of hydrogen-bond donors (Lipinski definition) is 1. The second-order valence-corrected chi connectivity index (χ2v) is 5.69. The number of esters is 1. The van der Waals surface area contributed by atoms with Crippen LogP contribution in [0.3, 0.4) is 0 Å². The van der Waals surface area contributed by atoms with Crippen molar-refractivity contribution in [2.45, 2.75) is 19.9 Å². The van der Waals surface area contributed by atoms with Gasteiger partial charge in [-0.2, -0.15) is 0 Å². The minimum absolute atomic E-state index is 0.208. The van der Waals surface area contributed by atoms with E-state index >= 15 is 0 Å². The summed E-state index contributed by atoms with van der Waals surface area (Å²) in [5.74, 6) is 0.654. The van der Waals surface area contributed by atoms with E-state index < -0.39 is 0 Å². The lowest BCUT2D eigenvalue weighted by Gasteiger charge is -2.07. The summed E-state index contributed by atoms with van der Waals surface area (Å²) >= 11 is 1.62. The van der Waals surface area contributed by atoms with E-state index in [1.165, 1.54) is 12.0 Å². The van der Waals surface area contributed by atoms with E-state index in [1.807, 2.05) is 43.3 Å². The highest BCUT2D eigenvalue weighted by Gasteiger charge is 2.06. The first-order valence-corrected chi connectivity index (χ1v) is 7.64.